The van der Waals surface area contributed by atoms with Crippen molar-refractivity contribution in [2.75, 3.05) is 32.7 Å². The zero-order valence-electron chi connectivity index (χ0n) is 14.5. The molecule has 0 aliphatic carbocycles. The van der Waals surface area contributed by atoms with E-state index < -0.39 is 0 Å². The van der Waals surface area contributed by atoms with Crippen molar-refractivity contribution in [1.82, 2.24) is 15.1 Å². The van der Waals surface area contributed by atoms with Crippen molar-refractivity contribution in [3.05, 3.63) is 70.2 Å². The molecule has 0 atom stereocenters. The molecule has 1 aliphatic rings. The SMILES string of the molecule is O=C(CN(Cc1ccccc1)C(=O)c1ccc(Br)cc1)N1CCNCC1. The summed E-state index contributed by atoms with van der Waals surface area (Å²) in [4.78, 5) is 29.1. The maximum Gasteiger partial charge on any atom is 0.254 e. The second-order valence-corrected chi connectivity index (χ2v) is 7.20. The number of benzene rings is 2. The van der Waals surface area contributed by atoms with Crippen LogP contribution in [0.5, 0.6) is 0 Å². The quantitative estimate of drug-likeness (QED) is 0.815. The standard InChI is InChI=1S/C20H22BrN3O2/c21-18-8-6-17(7-9-18)20(26)24(14-16-4-2-1-3-5-16)15-19(25)23-12-10-22-11-13-23/h1-9,22H,10-15H2. The summed E-state index contributed by atoms with van der Waals surface area (Å²) >= 11 is 3.39. The highest BCUT2D eigenvalue weighted by atomic mass is 79.9. The molecule has 26 heavy (non-hydrogen) atoms. The van der Waals surface area contributed by atoms with Gasteiger partial charge in [0, 0.05) is 42.8 Å². The molecule has 0 radical (unpaired) electrons. The Balaban J connectivity index is 1.77. The van der Waals surface area contributed by atoms with Gasteiger partial charge in [0.15, 0.2) is 0 Å². The number of nitrogens with zero attached hydrogens (tertiary/aromatic N) is 2. The second kappa shape index (κ2) is 8.96. The van der Waals surface area contributed by atoms with Gasteiger partial charge < -0.3 is 15.1 Å². The van der Waals surface area contributed by atoms with Crippen LogP contribution in [0.25, 0.3) is 0 Å². The van der Waals surface area contributed by atoms with E-state index in [0.717, 1.165) is 23.1 Å². The number of halogens is 1. The minimum atomic E-state index is -0.134. The van der Waals surface area contributed by atoms with Gasteiger partial charge in [0.25, 0.3) is 5.91 Å². The summed E-state index contributed by atoms with van der Waals surface area (Å²) in [6.45, 7) is 3.46. The Morgan fingerprint density at radius 3 is 2.31 bits per heavy atom. The van der Waals surface area contributed by atoms with Crippen LogP contribution in [-0.4, -0.2) is 54.3 Å². The van der Waals surface area contributed by atoms with Crippen molar-refractivity contribution in [3.63, 3.8) is 0 Å². The summed E-state index contributed by atoms with van der Waals surface area (Å²) in [5, 5.41) is 3.24. The van der Waals surface area contributed by atoms with Crippen LogP contribution in [-0.2, 0) is 11.3 Å². The highest BCUT2D eigenvalue weighted by Gasteiger charge is 2.23. The summed E-state index contributed by atoms with van der Waals surface area (Å²) < 4.78 is 0.917. The number of carbonyl (C=O) groups excluding carboxylic acids is 2. The molecule has 2 aromatic rings. The van der Waals surface area contributed by atoms with Gasteiger partial charge in [-0.25, -0.2) is 0 Å². The number of hydrogen-bond acceptors (Lipinski definition) is 3. The molecule has 136 valence electrons. The van der Waals surface area contributed by atoms with Crippen LogP contribution in [0.1, 0.15) is 15.9 Å². The van der Waals surface area contributed by atoms with E-state index in [1.165, 1.54) is 0 Å². The normalized spacial score (nSPS) is 14.1. The Labute approximate surface area is 162 Å². The van der Waals surface area contributed by atoms with Gasteiger partial charge >= 0.3 is 0 Å². The van der Waals surface area contributed by atoms with E-state index in [1.807, 2.05) is 47.4 Å². The molecular weight excluding hydrogens is 394 g/mol. The fraction of sp³-hybridized carbons (Fsp3) is 0.300. The average molecular weight is 416 g/mol. The molecule has 5 nitrogen and oxygen atoms in total. The molecule has 1 fully saturated rings. The Hall–Kier alpha value is -2.18. The van der Waals surface area contributed by atoms with Crippen LogP contribution in [0.4, 0.5) is 0 Å². The number of amides is 2. The van der Waals surface area contributed by atoms with E-state index in [0.29, 0.717) is 25.2 Å². The Morgan fingerprint density at radius 2 is 1.65 bits per heavy atom. The van der Waals surface area contributed by atoms with Crippen LogP contribution in [0.15, 0.2) is 59.1 Å². The summed E-state index contributed by atoms with van der Waals surface area (Å²) in [5.74, 6) is -0.141. The second-order valence-electron chi connectivity index (χ2n) is 6.28. The summed E-state index contributed by atoms with van der Waals surface area (Å²) in [6.07, 6.45) is 0. The fourth-order valence-electron chi connectivity index (χ4n) is 2.96. The number of hydrogen-bond donors (Lipinski definition) is 1. The lowest BCUT2D eigenvalue weighted by molar-refractivity contribution is -0.132. The molecule has 0 saturated carbocycles. The van der Waals surface area contributed by atoms with Gasteiger partial charge in [-0.1, -0.05) is 46.3 Å². The van der Waals surface area contributed by atoms with Gasteiger partial charge in [0.1, 0.15) is 6.54 Å². The molecule has 1 aliphatic heterocycles. The first kappa shape index (κ1) is 18.6. The molecule has 0 unspecified atom stereocenters. The molecular formula is C20H22BrN3O2. The maximum absolute atomic E-state index is 13.0. The average Bonchev–Trinajstić information content (AvgIpc) is 2.69. The van der Waals surface area contributed by atoms with Crippen LogP contribution in [0.3, 0.4) is 0 Å². The van der Waals surface area contributed by atoms with Crippen molar-refractivity contribution < 1.29 is 9.59 Å². The van der Waals surface area contributed by atoms with Gasteiger partial charge in [-0.05, 0) is 29.8 Å². The third-order valence-electron chi connectivity index (χ3n) is 4.39. The predicted molar refractivity (Wildman–Crippen MR) is 105 cm³/mol. The van der Waals surface area contributed by atoms with Crippen LogP contribution < -0.4 is 5.32 Å². The van der Waals surface area contributed by atoms with E-state index in [4.69, 9.17) is 0 Å². The predicted octanol–water partition coefficient (Wildman–Crippen LogP) is 2.52. The summed E-state index contributed by atoms with van der Waals surface area (Å²) in [5.41, 5.74) is 1.59. The first-order chi connectivity index (χ1) is 12.6. The molecule has 0 aromatic heterocycles. The smallest absolute Gasteiger partial charge is 0.254 e. The van der Waals surface area contributed by atoms with E-state index >= 15 is 0 Å². The zero-order valence-corrected chi connectivity index (χ0v) is 16.1. The minimum Gasteiger partial charge on any atom is -0.339 e. The van der Waals surface area contributed by atoms with E-state index in [2.05, 4.69) is 21.2 Å². The maximum atomic E-state index is 13.0. The lowest BCUT2D eigenvalue weighted by Crippen LogP contribution is -2.50. The Morgan fingerprint density at radius 1 is 1.00 bits per heavy atom. The van der Waals surface area contributed by atoms with Gasteiger partial charge in [-0.15, -0.1) is 0 Å². The largest absolute Gasteiger partial charge is 0.339 e. The first-order valence-corrected chi connectivity index (χ1v) is 9.50. The Kier molecular flexibility index (Phi) is 6.41. The molecule has 2 aromatic carbocycles. The molecule has 2 amide bonds. The molecule has 1 N–H and O–H groups in total. The fourth-order valence-corrected chi connectivity index (χ4v) is 3.22. The number of rotatable bonds is 5. The van der Waals surface area contributed by atoms with Crippen LogP contribution in [0.2, 0.25) is 0 Å². The van der Waals surface area contributed by atoms with Crippen molar-refractivity contribution in [2.24, 2.45) is 0 Å². The lowest BCUT2D eigenvalue weighted by Gasteiger charge is -2.30. The van der Waals surface area contributed by atoms with Crippen LogP contribution in [0, 0.1) is 0 Å². The molecule has 0 spiro atoms. The van der Waals surface area contributed by atoms with Gasteiger partial charge in [-0.3, -0.25) is 9.59 Å². The zero-order chi connectivity index (χ0) is 18.4. The summed E-state index contributed by atoms with van der Waals surface area (Å²) in [7, 11) is 0. The third kappa shape index (κ3) is 4.93. The minimum absolute atomic E-state index is 0.00658. The van der Waals surface area contributed by atoms with Gasteiger partial charge in [0.2, 0.25) is 5.91 Å². The number of piperazine rings is 1. The molecule has 0 bridgehead atoms. The van der Waals surface area contributed by atoms with E-state index in [1.54, 1.807) is 17.0 Å². The molecule has 3 rings (SSSR count). The lowest BCUT2D eigenvalue weighted by atomic mass is 10.1. The van der Waals surface area contributed by atoms with Crippen molar-refractivity contribution in [3.8, 4) is 0 Å². The van der Waals surface area contributed by atoms with Crippen molar-refractivity contribution >= 4 is 27.7 Å². The molecule has 1 heterocycles. The topological polar surface area (TPSA) is 52.7 Å². The first-order valence-electron chi connectivity index (χ1n) is 8.71. The van der Waals surface area contributed by atoms with E-state index in [-0.39, 0.29) is 18.4 Å². The highest BCUT2D eigenvalue weighted by Crippen LogP contribution is 2.15. The monoisotopic (exact) mass is 415 g/mol. The Bertz CT molecular complexity index is 743. The van der Waals surface area contributed by atoms with Crippen molar-refractivity contribution in [1.29, 1.82) is 0 Å². The number of carbonyl (C=O) groups is 2. The third-order valence-corrected chi connectivity index (χ3v) is 4.92. The van der Waals surface area contributed by atoms with Crippen molar-refractivity contribution in [2.45, 2.75) is 6.54 Å². The summed E-state index contributed by atoms with van der Waals surface area (Å²) in [6, 6.07) is 17.0. The van der Waals surface area contributed by atoms with E-state index in [9.17, 15) is 9.59 Å². The molecule has 6 heteroatoms. The van der Waals surface area contributed by atoms with Gasteiger partial charge in [-0.2, -0.15) is 0 Å². The van der Waals surface area contributed by atoms with Crippen LogP contribution >= 0.6 is 15.9 Å². The highest BCUT2D eigenvalue weighted by molar-refractivity contribution is 9.10. The molecule has 1 saturated heterocycles. The number of nitrogens with one attached hydrogen (secondary N) is 1. The van der Waals surface area contributed by atoms with Gasteiger partial charge in [0.05, 0.1) is 0 Å².